The number of hydrogen-bond acceptors (Lipinski definition) is 3. The molecule has 1 aliphatic rings. The number of rotatable bonds is 3. The van der Waals surface area contributed by atoms with Gasteiger partial charge >= 0.3 is 0 Å². The molecule has 0 spiro atoms. The van der Waals surface area contributed by atoms with Crippen LogP contribution in [0.4, 0.5) is 0 Å². The lowest BCUT2D eigenvalue weighted by atomic mass is 10.2. The largest absolute Gasteiger partial charge is 0.465 e. The van der Waals surface area contributed by atoms with E-state index in [0.29, 0.717) is 17.4 Å². The Balaban J connectivity index is 2.20. The molecule has 1 fully saturated rings. The molecule has 0 aromatic carbocycles. The summed E-state index contributed by atoms with van der Waals surface area (Å²) in [5.41, 5.74) is 1.42. The van der Waals surface area contributed by atoms with Crippen LogP contribution in [0.3, 0.4) is 0 Å². The van der Waals surface area contributed by atoms with Crippen molar-refractivity contribution in [1.82, 2.24) is 10.2 Å². The molecular weight excluding hydrogens is 248 g/mol. The van der Waals surface area contributed by atoms with Crippen LogP contribution >= 0.6 is 12.2 Å². The maximum Gasteiger partial charge on any atom is 0.276 e. The number of hydrogen-bond donors (Lipinski definition) is 1. The average Bonchev–Trinajstić information content (AvgIpc) is 2.89. The topological polar surface area (TPSA) is 45.5 Å². The van der Waals surface area contributed by atoms with Gasteiger partial charge in [-0.2, -0.15) is 0 Å². The van der Waals surface area contributed by atoms with E-state index in [2.05, 4.69) is 5.32 Å². The van der Waals surface area contributed by atoms with Gasteiger partial charge in [0, 0.05) is 6.54 Å². The number of likely N-dealkylation sites (N-methyl/N-ethyl adjacent to an activating group) is 1. The highest BCUT2D eigenvalue weighted by atomic mass is 32.1. The molecule has 1 aromatic rings. The van der Waals surface area contributed by atoms with E-state index in [1.54, 1.807) is 12.3 Å². The Morgan fingerprint density at radius 3 is 2.94 bits per heavy atom. The molecule has 1 N–H and O–H groups in total. The number of amides is 1. The van der Waals surface area contributed by atoms with Gasteiger partial charge in [-0.05, 0) is 55.9 Å². The molecule has 1 saturated heterocycles. The van der Waals surface area contributed by atoms with Gasteiger partial charge in [0.1, 0.15) is 11.5 Å². The molecular formula is C13H14N2O2S. The number of carbonyl (C=O) groups is 1. The second-order valence-electron chi connectivity index (χ2n) is 3.94. The van der Waals surface area contributed by atoms with E-state index in [-0.39, 0.29) is 5.91 Å². The molecule has 94 valence electrons. The fourth-order valence-electron chi connectivity index (χ4n) is 1.73. The third-order valence-corrected chi connectivity index (χ3v) is 2.89. The first-order valence-corrected chi connectivity index (χ1v) is 6.09. The Hall–Kier alpha value is -1.88. The maximum absolute atomic E-state index is 11.9. The molecule has 2 rings (SSSR count). The van der Waals surface area contributed by atoms with Crippen LogP contribution in [0, 0.1) is 0 Å². The molecule has 0 aliphatic carbocycles. The number of furan rings is 1. The van der Waals surface area contributed by atoms with Gasteiger partial charge in [0.15, 0.2) is 5.11 Å². The first-order chi connectivity index (χ1) is 8.61. The lowest BCUT2D eigenvalue weighted by Crippen LogP contribution is -2.30. The molecule has 0 unspecified atom stereocenters. The first-order valence-electron chi connectivity index (χ1n) is 5.68. The maximum atomic E-state index is 11.9. The summed E-state index contributed by atoms with van der Waals surface area (Å²) in [4.78, 5) is 13.5. The fourth-order valence-corrected chi connectivity index (χ4v) is 2.05. The van der Waals surface area contributed by atoms with Crippen LogP contribution in [0.5, 0.6) is 0 Å². The minimum absolute atomic E-state index is 0.0882. The molecule has 0 radical (unpaired) electrons. The molecule has 1 aliphatic heterocycles. The Bertz CT molecular complexity index is 529. The summed E-state index contributed by atoms with van der Waals surface area (Å²) in [7, 11) is 0. The van der Waals surface area contributed by atoms with Crippen molar-refractivity contribution in [2.24, 2.45) is 0 Å². The van der Waals surface area contributed by atoms with Gasteiger partial charge in [-0.3, -0.25) is 9.69 Å². The van der Waals surface area contributed by atoms with Crippen molar-refractivity contribution >= 4 is 29.3 Å². The highest BCUT2D eigenvalue weighted by molar-refractivity contribution is 7.80. The predicted octanol–water partition coefficient (Wildman–Crippen LogP) is 2.30. The van der Waals surface area contributed by atoms with Crippen LogP contribution in [-0.4, -0.2) is 22.5 Å². The van der Waals surface area contributed by atoms with Crippen LogP contribution < -0.4 is 5.32 Å². The summed E-state index contributed by atoms with van der Waals surface area (Å²) < 4.78 is 5.21. The highest BCUT2D eigenvalue weighted by Crippen LogP contribution is 2.14. The van der Waals surface area contributed by atoms with Gasteiger partial charge in [0.2, 0.25) is 0 Å². The van der Waals surface area contributed by atoms with Crippen molar-refractivity contribution in [3.8, 4) is 0 Å². The van der Waals surface area contributed by atoms with Gasteiger partial charge in [0.05, 0.1) is 6.26 Å². The lowest BCUT2D eigenvalue weighted by molar-refractivity contribution is -0.122. The Labute approximate surface area is 111 Å². The summed E-state index contributed by atoms with van der Waals surface area (Å²) >= 11 is 5.08. The van der Waals surface area contributed by atoms with Gasteiger partial charge in [-0.25, -0.2) is 0 Å². The van der Waals surface area contributed by atoms with Gasteiger partial charge in [0.25, 0.3) is 5.91 Å². The summed E-state index contributed by atoms with van der Waals surface area (Å²) in [6.45, 7) is 4.37. The monoisotopic (exact) mass is 262 g/mol. The first kappa shape index (κ1) is 12.6. The Morgan fingerprint density at radius 2 is 2.39 bits per heavy atom. The summed E-state index contributed by atoms with van der Waals surface area (Å²) in [6, 6.07) is 3.67. The predicted molar refractivity (Wildman–Crippen MR) is 73.6 cm³/mol. The van der Waals surface area contributed by atoms with E-state index < -0.39 is 0 Å². The molecule has 5 heteroatoms. The van der Waals surface area contributed by atoms with Crippen molar-refractivity contribution in [2.45, 2.75) is 13.8 Å². The lowest BCUT2D eigenvalue weighted by Gasteiger charge is -2.08. The Morgan fingerprint density at radius 1 is 1.61 bits per heavy atom. The number of nitrogens with zero attached hydrogens (tertiary/aromatic N) is 1. The zero-order valence-corrected chi connectivity index (χ0v) is 11.1. The number of allylic oxidation sites excluding steroid dienone is 2. The SMILES string of the molecule is CCN1C(=O)/C(=C\C(C)=C\c2ccco2)NC1=S. The number of carbonyl (C=O) groups excluding carboxylic acids is 1. The van der Waals surface area contributed by atoms with Crippen molar-refractivity contribution in [3.05, 3.63) is 41.5 Å². The van der Waals surface area contributed by atoms with Crippen molar-refractivity contribution in [2.75, 3.05) is 6.54 Å². The molecule has 0 bridgehead atoms. The Kier molecular flexibility index (Phi) is 3.62. The van der Waals surface area contributed by atoms with Crippen LogP contribution in [0.25, 0.3) is 6.08 Å². The second kappa shape index (κ2) is 5.18. The number of thiocarbonyl (C=S) groups is 1. The van der Waals surface area contributed by atoms with Crippen LogP contribution in [0.2, 0.25) is 0 Å². The highest BCUT2D eigenvalue weighted by Gasteiger charge is 2.28. The summed E-state index contributed by atoms with van der Waals surface area (Å²) in [6.07, 6.45) is 5.24. The van der Waals surface area contributed by atoms with Gasteiger partial charge in [-0.15, -0.1) is 0 Å². The van der Waals surface area contributed by atoms with Gasteiger partial charge < -0.3 is 9.73 Å². The van der Waals surface area contributed by atoms with Crippen molar-refractivity contribution in [3.63, 3.8) is 0 Å². The zero-order chi connectivity index (χ0) is 13.1. The molecule has 1 aromatic heterocycles. The fraction of sp³-hybridized carbons (Fsp3) is 0.231. The second-order valence-corrected chi connectivity index (χ2v) is 4.33. The molecule has 0 atom stereocenters. The van der Waals surface area contributed by atoms with Crippen molar-refractivity contribution in [1.29, 1.82) is 0 Å². The molecule has 2 heterocycles. The van der Waals surface area contributed by atoms with Gasteiger partial charge in [-0.1, -0.05) is 0 Å². The van der Waals surface area contributed by atoms with E-state index in [0.717, 1.165) is 11.3 Å². The third-order valence-electron chi connectivity index (χ3n) is 2.56. The van der Waals surface area contributed by atoms with E-state index in [4.69, 9.17) is 16.6 Å². The van der Waals surface area contributed by atoms with E-state index in [1.807, 2.05) is 32.1 Å². The van der Waals surface area contributed by atoms with Crippen LogP contribution in [0.15, 0.2) is 40.2 Å². The van der Waals surface area contributed by atoms with E-state index in [9.17, 15) is 4.79 Å². The minimum atomic E-state index is -0.0882. The minimum Gasteiger partial charge on any atom is -0.465 e. The van der Waals surface area contributed by atoms with Crippen molar-refractivity contribution < 1.29 is 9.21 Å². The zero-order valence-electron chi connectivity index (χ0n) is 10.3. The normalized spacial score (nSPS) is 18.7. The van der Waals surface area contributed by atoms with Crippen LogP contribution in [-0.2, 0) is 4.79 Å². The molecule has 0 saturated carbocycles. The molecule has 1 amide bonds. The molecule has 4 nitrogen and oxygen atoms in total. The summed E-state index contributed by atoms with van der Waals surface area (Å²) in [5, 5.41) is 3.37. The van der Waals surface area contributed by atoms with E-state index in [1.165, 1.54) is 4.90 Å². The van der Waals surface area contributed by atoms with E-state index >= 15 is 0 Å². The number of nitrogens with one attached hydrogen (secondary N) is 1. The van der Waals surface area contributed by atoms with Crippen LogP contribution in [0.1, 0.15) is 19.6 Å². The average molecular weight is 262 g/mol. The molecule has 18 heavy (non-hydrogen) atoms. The summed E-state index contributed by atoms with van der Waals surface area (Å²) in [5.74, 6) is 0.666. The standard InChI is InChI=1S/C13H14N2O2S/c1-3-15-12(16)11(14-13(15)18)8-9(2)7-10-5-4-6-17-10/h4-8H,3H2,1-2H3,(H,14,18)/b9-7+,11-8+. The quantitative estimate of drug-likeness (QED) is 0.670. The third kappa shape index (κ3) is 2.51. The smallest absolute Gasteiger partial charge is 0.276 e.